The van der Waals surface area contributed by atoms with Crippen LogP contribution in [0.3, 0.4) is 0 Å². The molecule has 1 amide bonds. The quantitative estimate of drug-likeness (QED) is 0.526. The normalized spacial score (nSPS) is 28.2. The molecule has 0 bridgehead atoms. The zero-order valence-corrected chi connectivity index (χ0v) is 16.8. The number of rotatable bonds is 7. The minimum absolute atomic E-state index is 0.0482. The number of hydrogen-bond donors (Lipinski definition) is 1. The molecule has 1 saturated heterocycles. The van der Waals surface area contributed by atoms with Crippen LogP contribution in [0.1, 0.15) is 39.0 Å². The van der Waals surface area contributed by atoms with E-state index in [0.717, 1.165) is 6.92 Å². The number of carbonyl (C=O) groups excluding carboxylic acids is 1. The number of carbonyl (C=O) groups is 1. The van der Waals surface area contributed by atoms with Crippen LogP contribution >= 0.6 is 0 Å². The van der Waals surface area contributed by atoms with E-state index in [2.05, 4.69) is 4.98 Å². The summed E-state index contributed by atoms with van der Waals surface area (Å²) >= 11 is 0. The summed E-state index contributed by atoms with van der Waals surface area (Å²) in [5.41, 5.74) is -1.13. The van der Waals surface area contributed by atoms with Crippen molar-refractivity contribution in [1.29, 1.82) is 0 Å². The summed E-state index contributed by atoms with van der Waals surface area (Å²) < 4.78 is 59.9. The molecule has 0 radical (unpaired) electrons. The first kappa shape index (κ1) is 22.7. The van der Waals surface area contributed by atoms with Crippen LogP contribution in [0, 0.1) is 5.41 Å². The number of hydrogen-bond acceptors (Lipinski definition) is 5. The number of halogens is 4. The molecule has 1 aromatic heterocycles. The number of anilines is 1. The van der Waals surface area contributed by atoms with E-state index in [1.54, 1.807) is 4.90 Å². The van der Waals surface area contributed by atoms with Crippen LogP contribution in [0.25, 0.3) is 0 Å². The highest BCUT2D eigenvalue weighted by atomic mass is 19.4. The van der Waals surface area contributed by atoms with Gasteiger partial charge in [0.1, 0.15) is 6.67 Å². The van der Waals surface area contributed by atoms with Crippen molar-refractivity contribution in [3.05, 3.63) is 18.3 Å². The van der Waals surface area contributed by atoms with Gasteiger partial charge in [-0.05, 0) is 45.1 Å². The van der Waals surface area contributed by atoms with Crippen LogP contribution in [0.15, 0.2) is 18.3 Å². The SMILES string of the molecule is C[C@H](Oc1ccc(N2CCC3(CCC(O)(COCCF)CC3)C2=O)cn1)C(F)(F)F. The van der Waals surface area contributed by atoms with Gasteiger partial charge in [-0.25, -0.2) is 9.37 Å². The van der Waals surface area contributed by atoms with E-state index in [4.69, 9.17) is 9.47 Å². The summed E-state index contributed by atoms with van der Waals surface area (Å²) in [5, 5.41) is 10.6. The number of aromatic nitrogens is 1. The lowest BCUT2D eigenvalue weighted by atomic mass is 9.68. The first-order chi connectivity index (χ1) is 14.1. The predicted molar refractivity (Wildman–Crippen MR) is 100.0 cm³/mol. The van der Waals surface area contributed by atoms with Crippen LogP contribution in [-0.2, 0) is 9.53 Å². The third-order valence-electron chi connectivity index (χ3n) is 6.03. The molecule has 1 aliphatic heterocycles. The molecule has 6 nitrogen and oxygen atoms in total. The molecular formula is C20H26F4N2O4. The van der Waals surface area contributed by atoms with Crippen molar-refractivity contribution in [2.45, 2.75) is 56.9 Å². The van der Waals surface area contributed by atoms with Crippen LogP contribution in [-0.4, -0.2) is 60.3 Å². The van der Waals surface area contributed by atoms with Crippen molar-refractivity contribution in [2.75, 3.05) is 31.3 Å². The standard InChI is InChI=1S/C20H26F4N2O4/c1-14(20(22,23)24)30-16-3-2-15(12-25-16)26-10-8-18(17(26)27)4-6-19(28,7-5-18)13-29-11-9-21/h2-3,12,14,28H,4-11,13H2,1H3/t14-,18?,19?/m0/s1. The van der Waals surface area contributed by atoms with Crippen molar-refractivity contribution in [3.8, 4) is 5.88 Å². The molecule has 2 heterocycles. The fourth-order valence-corrected chi connectivity index (χ4v) is 4.04. The average molecular weight is 434 g/mol. The molecule has 0 aromatic carbocycles. The topological polar surface area (TPSA) is 71.9 Å². The zero-order valence-electron chi connectivity index (χ0n) is 16.8. The Morgan fingerprint density at radius 2 is 1.93 bits per heavy atom. The molecule has 1 N–H and O–H groups in total. The van der Waals surface area contributed by atoms with Gasteiger partial charge in [-0.3, -0.25) is 4.79 Å². The van der Waals surface area contributed by atoms with Gasteiger partial charge in [-0.2, -0.15) is 13.2 Å². The van der Waals surface area contributed by atoms with Crippen LogP contribution in [0.2, 0.25) is 0 Å². The molecule has 10 heteroatoms. The van der Waals surface area contributed by atoms with E-state index >= 15 is 0 Å². The van der Waals surface area contributed by atoms with E-state index in [0.29, 0.717) is 44.3 Å². The maximum Gasteiger partial charge on any atom is 0.425 e. The molecule has 1 aliphatic carbocycles. The first-order valence-electron chi connectivity index (χ1n) is 9.96. The molecule has 3 rings (SSSR count). The summed E-state index contributed by atoms with van der Waals surface area (Å²) in [6, 6.07) is 2.84. The predicted octanol–water partition coefficient (Wildman–Crippen LogP) is 3.43. The Hall–Kier alpha value is -1.94. The van der Waals surface area contributed by atoms with Crippen molar-refractivity contribution < 1.29 is 36.9 Å². The Balaban J connectivity index is 1.60. The Bertz CT molecular complexity index is 733. The zero-order chi connectivity index (χ0) is 22.0. The molecule has 1 aromatic rings. The maximum absolute atomic E-state index is 13.1. The Kier molecular flexibility index (Phi) is 6.57. The number of aliphatic hydroxyl groups is 1. The van der Waals surface area contributed by atoms with Crippen molar-refractivity contribution >= 4 is 11.6 Å². The van der Waals surface area contributed by atoms with E-state index in [1.165, 1.54) is 18.3 Å². The molecular weight excluding hydrogens is 408 g/mol. The summed E-state index contributed by atoms with van der Waals surface area (Å²) in [5.74, 6) is -0.241. The highest BCUT2D eigenvalue weighted by Gasteiger charge is 2.51. The number of amides is 1. The van der Waals surface area contributed by atoms with Gasteiger partial charge in [-0.1, -0.05) is 0 Å². The second-order valence-corrected chi connectivity index (χ2v) is 8.11. The van der Waals surface area contributed by atoms with E-state index in [-0.39, 0.29) is 25.0 Å². The summed E-state index contributed by atoms with van der Waals surface area (Å²) in [6.45, 7) is 0.744. The van der Waals surface area contributed by atoms with E-state index in [9.17, 15) is 27.5 Å². The lowest BCUT2D eigenvalue weighted by Gasteiger charge is -2.40. The van der Waals surface area contributed by atoms with Gasteiger partial charge in [0, 0.05) is 12.6 Å². The van der Waals surface area contributed by atoms with Crippen LogP contribution in [0.5, 0.6) is 5.88 Å². The molecule has 30 heavy (non-hydrogen) atoms. The van der Waals surface area contributed by atoms with Gasteiger partial charge in [-0.15, -0.1) is 0 Å². The van der Waals surface area contributed by atoms with E-state index in [1.807, 2.05) is 0 Å². The number of nitrogens with zero attached hydrogens (tertiary/aromatic N) is 2. The molecule has 168 valence electrons. The molecule has 1 atom stereocenters. The average Bonchev–Trinajstić information content (AvgIpc) is 3.01. The minimum atomic E-state index is -4.49. The van der Waals surface area contributed by atoms with Gasteiger partial charge in [0.05, 0.1) is 36.1 Å². The highest BCUT2D eigenvalue weighted by Crippen LogP contribution is 2.48. The molecule has 0 unspecified atom stereocenters. The van der Waals surface area contributed by atoms with E-state index < -0.39 is 30.0 Å². The fraction of sp³-hybridized carbons (Fsp3) is 0.700. The first-order valence-corrected chi connectivity index (χ1v) is 9.96. The second-order valence-electron chi connectivity index (χ2n) is 8.11. The van der Waals surface area contributed by atoms with Gasteiger partial charge < -0.3 is 19.5 Å². The summed E-state index contributed by atoms with van der Waals surface area (Å²) in [4.78, 5) is 18.6. The molecule has 1 saturated carbocycles. The lowest BCUT2D eigenvalue weighted by molar-refractivity contribution is -0.189. The summed E-state index contributed by atoms with van der Waals surface area (Å²) in [7, 11) is 0. The lowest BCUT2D eigenvalue weighted by Crippen LogP contribution is -2.45. The summed E-state index contributed by atoms with van der Waals surface area (Å²) in [6.07, 6.45) is -2.75. The highest BCUT2D eigenvalue weighted by molar-refractivity contribution is 5.99. The number of pyridine rings is 1. The Morgan fingerprint density at radius 1 is 1.23 bits per heavy atom. The van der Waals surface area contributed by atoms with Crippen LogP contribution in [0.4, 0.5) is 23.2 Å². The van der Waals surface area contributed by atoms with Crippen molar-refractivity contribution in [1.82, 2.24) is 4.98 Å². The molecule has 2 fully saturated rings. The number of ether oxygens (including phenoxy) is 2. The third kappa shape index (κ3) is 4.85. The smallest absolute Gasteiger partial charge is 0.425 e. The molecule has 2 aliphatic rings. The van der Waals surface area contributed by atoms with Gasteiger partial charge in [0.2, 0.25) is 11.8 Å². The second kappa shape index (κ2) is 8.66. The Labute approximate surface area is 172 Å². The van der Waals surface area contributed by atoms with Crippen molar-refractivity contribution in [2.24, 2.45) is 5.41 Å². The third-order valence-corrected chi connectivity index (χ3v) is 6.03. The Morgan fingerprint density at radius 3 is 2.50 bits per heavy atom. The largest absolute Gasteiger partial charge is 0.465 e. The monoisotopic (exact) mass is 434 g/mol. The van der Waals surface area contributed by atoms with Crippen LogP contribution < -0.4 is 9.64 Å². The van der Waals surface area contributed by atoms with Gasteiger partial charge in [0.15, 0.2) is 6.10 Å². The van der Waals surface area contributed by atoms with Gasteiger partial charge in [0.25, 0.3) is 0 Å². The van der Waals surface area contributed by atoms with Crippen molar-refractivity contribution in [3.63, 3.8) is 0 Å². The maximum atomic E-state index is 13.1. The fourth-order valence-electron chi connectivity index (χ4n) is 4.04. The number of alkyl halides is 4. The van der Waals surface area contributed by atoms with Gasteiger partial charge >= 0.3 is 6.18 Å². The minimum Gasteiger partial charge on any atom is -0.465 e. The molecule has 1 spiro atoms.